The number of hydrogen-bond acceptors (Lipinski definition) is 2. The van der Waals surface area contributed by atoms with Crippen molar-refractivity contribution in [1.29, 1.82) is 0 Å². The highest BCUT2D eigenvalue weighted by molar-refractivity contribution is 5.70. The number of hydrogen-bond donors (Lipinski definition) is 2. The second-order valence-electron chi connectivity index (χ2n) is 3.94. The molecule has 1 heterocycles. The SMILES string of the molecule is O=C(O)C1CCC2CCNCC21. The molecule has 1 aliphatic carbocycles. The summed E-state index contributed by atoms with van der Waals surface area (Å²) in [6.45, 7) is 2.00. The summed E-state index contributed by atoms with van der Waals surface area (Å²) in [5, 5.41) is 12.2. The van der Waals surface area contributed by atoms with Crippen molar-refractivity contribution in [2.45, 2.75) is 19.3 Å². The maximum atomic E-state index is 10.8. The molecule has 1 aliphatic heterocycles. The third-order valence-corrected chi connectivity index (χ3v) is 3.36. The van der Waals surface area contributed by atoms with Crippen molar-refractivity contribution in [1.82, 2.24) is 5.32 Å². The van der Waals surface area contributed by atoms with Gasteiger partial charge in [0.2, 0.25) is 0 Å². The third-order valence-electron chi connectivity index (χ3n) is 3.36. The fourth-order valence-electron chi connectivity index (χ4n) is 2.68. The molecule has 0 bridgehead atoms. The van der Waals surface area contributed by atoms with Crippen molar-refractivity contribution in [3.63, 3.8) is 0 Å². The summed E-state index contributed by atoms with van der Waals surface area (Å²) in [6, 6.07) is 0. The minimum Gasteiger partial charge on any atom is -0.481 e. The van der Waals surface area contributed by atoms with Crippen molar-refractivity contribution >= 4 is 5.97 Å². The maximum Gasteiger partial charge on any atom is 0.306 e. The van der Waals surface area contributed by atoms with E-state index in [4.69, 9.17) is 5.11 Å². The summed E-state index contributed by atoms with van der Waals surface area (Å²) in [7, 11) is 0. The van der Waals surface area contributed by atoms with E-state index in [1.807, 2.05) is 0 Å². The van der Waals surface area contributed by atoms with E-state index in [1.165, 1.54) is 6.42 Å². The zero-order chi connectivity index (χ0) is 8.55. The molecule has 0 spiro atoms. The first-order valence-corrected chi connectivity index (χ1v) is 4.72. The molecule has 0 aromatic rings. The highest BCUT2D eigenvalue weighted by atomic mass is 16.4. The molecule has 68 valence electrons. The molecule has 2 N–H and O–H groups in total. The topological polar surface area (TPSA) is 49.3 Å². The Morgan fingerprint density at radius 2 is 2.17 bits per heavy atom. The zero-order valence-corrected chi connectivity index (χ0v) is 7.12. The van der Waals surface area contributed by atoms with Gasteiger partial charge in [-0.3, -0.25) is 4.79 Å². The predicted molar refractivity (Wildman–Crippen MR) is 44.8 cm³/mol. The molecule has 3 heteroatoms. The highest BCUT2D eigenvalue weighted by Gasteiger charge is 2.40. The van der Waals surface area contributed by atoms with Crippen LogP contribution in [-0.2, 0) is 4.79 Å². The molecular formula is C9H15NO2. The maximum absolute atomic E-state index is 10.8. The quantitative estimate of drug-likeness (QED) is 0.607. The van der Waals surface area contributed by atoms with E-state index in [-0.39, 0.29) is 5.92 Å². The monoisotopic (exact) mass is 169 g/mol. The van der Waals surface area contributed by atoms with Gasteiger partial charge in [0.05, 0.1) is 5.92 Å². The van der Waals surface area contributed by atoms with Crippen molar-refractivity contribution < 1.29 is 9.90 Å². The van der Waals surface area contributed by atoms with E-state index < -0.39 is 5.97 Å². The zero-order valence-electron chi connectivity index (χ0n) is 7.12. The van der Waals surface area contributed by atoms with Crippen LogP contribution in [0.1, 0.15) is 19.3 Å². The first-order valence-electron chi connectivity index (χ1n) is 4.72. The molecule has 0 aromatic heterocycles. The van der Waals surface area contributed by atoms with Gasteiger partial charge in [-0.2, -0.15) is 0 Å². The average Bonchev–Trinajstić information content (AvgIpc) is 2.47. The van der Waals surface area contributed by atoms with Crippen LogP contribution in [0.5, 0.6) is 0 Å². The van der Waals surface area contributed by atoms with Gasteiger partial charge >= 0.3 is 5.97 Å². The lowest BCUT2D eigenvalue weighted by Crippen LogP contribution is -2.38. The van der Waals surface area contributed by atoms with Crippen LogP contribution in [0.25, 0.3) is 0 Å². The highest BCUT2D eigenvalue weighted by Crippen LogP contribution is 2.40. The number of nitrogens with one attached hydrogen (secondary N) is 1. The number of fused-ring (bicyclic) bond motifs is 1. The lowest BCUT2D eigenvalue weighted by Gasteiger charge is -2.28. The van der Waals surface area contributed by atoms with Crippen LogP contribution in [0, 0.1) is 17.8 Å². The van der Waals surface area contributed by atoms with E-state index in [0.717, 1.165) is 25.9 Å². The van der Waals surface area contributed by atoms with Gasteiger partial charge in [0.1, 0.15) is 0 Å². The van der Waals surface area contributed by atoms with Crippen molar-refractivity contribution in [2.75, 3.05) is 13.1 Å². The number of carboxylic acid groups (broad SMARTS) is 1. The Hall–Kier alpha value is -0.570. The van der Waals surface area contributed by atoms with Crippen molar-refractivity contribution in [2.24, 2.45) is 17.8 Å². The minimum atomic E-state index is -0.591. The molecule has 0 amide bonds. The summed E-state index contributed by atoms with van der Waals surface area (Å²) in [5.41, 5.74) is 0. The Morgan fingerprint density at radius 3 is 2.92 bits per heavy atom. The molecule has 0 radical (unpaired) electrons. The molecule has 2 fully saturated rings. The summed E-state index contributed by atoms with van der Waals surface area (Å²) >= 11 is 0. The normalized spacial score (nSPS) is 40.8. The Labute approximate surface area is 72.2 Å². The molecule has 2 rings (SSSR count). The van der Waals surface area contributed by atoms with Gasteiger partial charge in [-0.05, 0) is 44.2 Å². The molecule has 1 saturated carbocycles. The lowest BCUT2D eigenvalue weighted by atomic mass is 9.85. The fourth-order valence-corrected chi connectivity index (χ4v) is 2.68. The fraction of sp³-hybridized carbons (Fsp3) is 0.889. The summed E-state index contributed by atoms with van der Waals surface area (Å²) in [6.07, 6.45) is 3.20. The Bertz CT molecular complexity index is 193. The van der Waals surface area contributed by atoms with E-state index in [1.54, 1.807) is 0 Å². The van der Waals surface area contributed by atoms with Crippen LogP contribution in [0.2, 0.25) is 0 Å². The van der Waals surface area contributed by atoms with Gasteiger partial charge < -0.3 is 10.4 Å². The molecule has 12 heavy (non-hydrogen) atoms. The largest absolute Gasteiger partial charge is 0.481 e. The average molecular weight is 169 g/mol. The van der Waals surface area contributed by atoms with Crippen molar-refractivity contribution in [3.8, 4) is 0 Å². The first kappa shape index (κ1) is 8.05. The Morgan fingerprint density at radius 1 is 1.33 bits per heavy atom. The van der Waals surface area contributed by atoms with E-state index >= 15 is 0 Å². The number of carboxylic acids is 1. The van der Waals surface area contributed by atoms with Gasteiger partial charge in [0, 0.05) is 0 Å². The summed E-state index contributed by atoms with van der Waals surface area (Å²) in [5.74, 6) is 0.442. The predicted octanol–water partition coefficient (Wildman–Crippen LogP) is 0.707. The smallest absolute Gasteiger partial charge is 0.306 e. The van der Waals surface area contributed by atoms with Gasteiger partial charge in [0.25, 0.3) is 0 Å². The second kappa shape index (κ2) is 3.05. The minimum absolute atomic E-state index is 0.0669. The number of piperidine rings is 1. The first-order chi connectivity index (χ1) is 5.79. The molecule has 3 unspecified atom stereocenters. The van der Waals surface area contributed by atoms with Gasteiger partial charge in [-0.15, -0.1) is 0 Å². The van der Waals surface area contributed by atoms with Crippen LogP contribution in [0.3, 0.4) is 0 Å². The van der Waals surface area contributed by atoms with E-state index in [2.05, 4.69) is 5.32 Å². The summed E-state index contributed by atoms with van der Waals surface area (Å²) < 4.78 is 0. The van der Waals surface area contributed by atoms with Gasteiger partial charge in [0.15, 0.2) is 0 Å². The van der Waals surface area contributed by atoms with Crippen molar-refractivity contribution in [3.05, 3.63) is 0 Å². The van der Waals surface area contributed by atoms with E-state index in [9.17, 15) is 4.79 Å². The Kier molecular flexibility index (Phi) is 2.05. The van der Waals surface area contributed by atoms with Crippen LogP contribution >= 0.6 is 0 Å². The molecule has 3 nitrogen and oxygen atoms in total. The van der Waals surface area contributed by atoms with Crippen LogP contribution < -0.4 is 5.32 Å². The number of carbonyl (C=O) groups is 1. The molecule has 0 aromatic carbocycles. The van der Waals surface area contributed by atoms with Gasteiger partial charge in [-0.1, -0.05) is 0 Å². The van der Waals surface area contributed by atoms with Crippen LogP contribution in [0.4, 0.5) is 0 Å². The third kappa shape index (κ3) is 1.22. The van der Waals surface area contributed by atoms with Gasteiger partial charge in [-0.25, -0.2) is 0 Å². The standard InChI is InChI=1S/C9H15NO2/c11-9(12)7-2-1-6-3-4-10-5-8(6)7/h6-8,10H,1-5H2,(H,11,12). The van der Waals surface area contributed by atoms with E-state index in [0.29, 0.717) is 11.8 Å². The van der Waals surface area contributed by atoms with Crippen LogP contribution in [0.15, 0.2) is 0 Å². The molecule has 2 aliphatic rings. The Balaban J connectivity index is 2.05. The molecule has 1 saturated heterocycles. The summed E-state index contributed by atoms with van der Waals surface area (Å²) in [4.78, 5) is 10.8. The number of aliphatic carboxylic acids is 1. The lowest BCUT2D eigenvalue weighted by molar-refractivity contribution is -0.143. The second-order valence-corrected chi connectivity index (χ2v) is 3.94. The molecule has 3 atom stereocenters. The number of rotatable bonds is 1. The van der Waals surface area contributed by atoms with Crippen LogP contribution in [-0.4, -0.2) is 24.2 Å². The molecular weight excluding hydrogens is 154 g/mol.